The third kappa shape index (κ3) is 1.77. The molecule has 0 radical (unpaired) electrons. The molecule has 0 heterocycles. The van der Waals surface area contributed by atoms with Crippen LogP contribution >= 0.6 is 0 Å². The normalized spacial score (nSPS) is 8.50. The van der Waals surface area contributed by atoms with E-state index in [0.29, 0.717) is 11.3 Å². The van der Waals surface area contributed by atoms with Crippen LogP contribution in [0.15, 0.2) is 18.2 Å². The summed E-state index contributed by atoms with van der Waals surface area (Å²) in [7, 11) is 0. The molecule has 2 N–H and O–H groups in total. The van der Waals surface area contributed by atoms with Crippen molar-refractivity contribution in [1.29, 1.82) is 10.5 Å². The Bertz CT molecular complexity index is 373. The predicted octanol–water partition coefficient (Wildman–Crippen LogP) is -0.0489. The van der Waals surface area contributed by atoms with E-state index in [9.17, 15) is 0 Å². The standard InChI is InChI=1S/C8H5N3Se/c9-4-6-3-7(11)1-2-8(6)12-5-10/h1-3H,11H2. The first-order valence-corrected chi connectivity index (χ1v) is 4.85. The van der Waals surface area contributed by atoms with E-state index in [1.807, 2.05) is 11.0 Å². The Balaban J connectivity index is 3.15. The van der Waals surface area contributed by atoms with Gasteiger partial charge in [0.2, 0.25) is 0 Å². The molecule has 1 rings (SSSR count). The summed E-state index contributed by atoms with van der Waals surface area (Å²) in [5.41, 5.74) is 6.54. The first-order valence-electron chi connectivity index (χ1n) is 3.13. The van der Waals surface area contributed by atoms with Crippen LogP contribution in [0.2, 0.25) is 0 Å². The number of nitrogen functional groups attached to an aromatic ring is 1. The Morgan fingerprint density at radius 3 is 2.67 bits per heavy atom. The summed E-state index contributed by atoms with van der Waals surface area (Å²) in [5, 5.41) is 17.1. The molecule has 4 heteroatoms. The van der Waals surface area contributed by atoms with Crippen molar-refractivity contribution in [2.45, 2.75) is 0 Å². The molecule has 0 aliphatic heterocycles. The molecule has 3 nitrogen and oxygen atoms in total. The van der Waals surface area contributed by atoms with Crippen LogP contribution in [0.3, 0.4) is 0 Å². The Hall–Kier alpha value is -1.48. The maximum absolute atomic E-state index is 8.66. The van der Waals surface area contributed by atoms with Gasteiger partial charge in [-0.05, 0) is 0 Å². The van der Waals surface area contributed by atoms with Gasteiger partial charge in [-0.3, -0.25) is 0 Å². The van der Waals surface area contributed by atoms with Gasteiger partial charge in [-0.1, -0.05) is 0 Å². The summed E-state index contributed by atoms with van der Waals surface area (Å²) in [5.74, 6) is 0. The zero-order valence-electron chi connectivity index (χ0n) is 6.11. The van der Waals surface area contributed by atoms with Crippen LogP contribution in [0.4, 0.5) is 5.69 Å². The predicted molar refractivity (Wildman–Crippen MR) is 46.6 cm³/mol. The van der Waals surface area contributed by atoms with Crippen LogP contribution in [0.25, 0.3) is 0 Å². The summed E-state index contributed by atoms with van der Waals surface area (Å²) >= 11 is -0.279. The van der Waals surface area contributed by atoms with E-state index < -0.39 is 0 Å². The number of nitrogens with two attached hydrogens (primary N) is 1. The first kappa shape index (κ1) is 8.61. The summed E-state index contributed by atoms with van der Waals surface area (Å²) in [4.78, 5) is 2.05. The fourth-order valence-electron chi connectivity index (χ4n) is 0.773. The zero-order chi connectivity index (χ0) is 8.97. The molecule has 0 aliphatic carbocycles. The second-order valence-electron chi connectivity index (χ2n) is 2.06. The molecule has 0 amide bonds. The second-order valence-corrected chi connectivity index (χ2v) is 3.79. The summed E-state index contributed by atoms with van der Waals surface area (Å²) in [6, 6.07) is 7.03. The number of benzene rings is 1. The molecule has 12 heavy (non-hydrogen) atoms. The Morgan fingerprint density at radius 2 is 2.08 bits per heavy atom. The van der Waals surface area contributed by atoms with Gasteiger partial charge in [0.05, 0.1) is 0 Å². The van der Waals surface area contributed by atoms with Crippen LogP contribution in [0.5, 0.6) is 0 Å². The van der Waals surface area contributed by atoms with Crippen LogP contribution < -0.4 is 10.2 Å². The monoisotopic (exact) mass is 223 g/mol. The van der Waals surface area contributed by atoms with Crippen molar-refractivity contribution in [3.63, 3.8) is 0 Å². The molecule has 1 aromatic carbocycles. The van der Waals surface area contributed by atoms with E-state index in [4.69, 9.17) is 16.3 Å². The Kier molecular flexibility index (Phi) is 2.71. The average molecular weight is 222 g/mol. The quantitative estimate of drug-likeness (QED) is 0.534. The molecule has 0 bridgehead atoms. The number of hydrogen-bond acceptors (Lipinski definition) is 3. The molecule has 0 saturated carbocycles. The van der Waals surface area contributed by atoms with Crippen molar-refractivity contribution in [3.05, 3.63) is 23.8 Å². The number of anilines is 1. The molecule has 0 atom stereocenters. The molecule has 0 saturated heterocycles. The SMILES string of the molecule is N#C[Se]c1ccc(N)cc1C#N. The number of hydrogen-bond donors (Lipinski definition) is 1. The topological polar surface area (TPSA) is 73.6 Å². The van der Waals surface area contributed by atoms with Crippen LogP contribution in [-0.4, -0.2) is 15.0 Å². The third-order valence-corrected chi connectivity index (χ3v) is 2.68. The van der Waals surface area contributed by atoms with Crippen molar-refractivity contribution in [1.82, 2.24) is 0 Å². The van der Waals surface area contributed by atoms with Gasteiger partial charge in [0.1, 0.15) is 0 Å². The Labute approximate surface area is 76.6 Å². The van der Waals surface area contributed by atoms with E-state index >= 15 is 0 Å². The fourth-order valence-corrected chi connectivity index (χ4v) is 1.72. The molecular formula is C8H5N3Se. The fraction of sp³-hybridized carbons (Fsp3) is 0. The van der Waals surface area contributed by atoms with E-state index in [0.717, 1.165) is 4.46 Å². The van der Waals surface area contributed by atoms with Crippen molar-refractivity contribution < 1.29 is 0 Å². The molecule has 0 aliphatic rings. The van der Waals surface area contributed by atoms with E-state index in [1.54, 1.807) is 18.2 Å². The minimum atomic E-state index is -0.279. The number of nitriles is 2. The van der Waals surface area contributed by atoms with E-state index in [1.165, 1.54) is 0 Å². The molecule has 0 spiro atoms. The summed E-state index contributed by atoms with van der Waals surface area (Å²) in [6.45, 7) is 0. The number of rotatable bonds is 1. The van der Waals surface area contributed by atoms with Gasteiger partial charge >= 0.3 is 76.2 Å². The molecular weight excluding hydrogens is 217 g/mol. The molecule has 58 valence electrons. The van der Waals surface area contributed by atoms with Gasteiger partial charge in [0.25, 0.3) is 0 Å². The summed E-state index contributed by atoms with van der Waals surface area (Å²) < 4.78 is 0.793. The minimum absolute atomic E-state index is 0.279. The van der Waals surface area contributed by atoms with Crippen LogP contribution in [0.1, 0.15) is 5.56 Å². The number of nitrogens with zero attached hydrogens (tertiary/aromatic N) is 2. The van der Waals surface area contributed by atoms with Crippen molar-refractivity contribution >= 4 is 25.1 Å². The average Bonchev–Trinajstić information content (AvgIpc) is 2.08. The molecule has 0 fully saturated rings. The molecule has 0 aromatic heterocycles. The van der Waals surface area contributed by atoms with Gasteiger partial charge in [-0.15, -0.1) is 0 Å². The van der Waals surface area contributed by atoms with Gasteiger partial charge in [0.15, 0.2) is 0 Å². The Morgan fingerprint density at radius 1 is 1.33 bits per heavy atom. The van der Waals surface area contributed by atoms with Crippen molar-refractivity contribution in [3.8, 4) is 11.0 Å². The first-order chi connectivity index (χ1) is 5.77. The van der Waals surface area contributed by atoms with Crippen LogP contribution in [-0.2, 0) is 0 Å². The molecule has 0 unspecified atom stereocenters. The second kappa shape index (κ2) is 3.78. The van der Waals surface area contributed by atoms with Gasteiger partial charge in [0, 0.05) is 0 Å². The van der Waals surface area contributed by atoms with Crippen molar-refractivity contribution in [2.75, 3.05) is 5.73 Å². The maximum atomic E-state index is 8.66. The van der Waals surface area contributed by atoms with Crippen LogP contribution in [0, 0.1) is 21.6 Å². The zero-order valence-corrected chi connectivity index (χ0v) is 7.83. The summed E-state index contributed by atoms with van der Waals surface area (Å²) in [6.07, 6.45) is 0. The van der Waals surface area contributed by atoms with E-state index in [2.05, 4.69) is 0 Å². The van der Waals surface area contributed by atoms with E-state index in [-0.39, 0.29) is 15.0 Å². The van der Waals surface area contributed by atoms with Gasteiger partial charge < -0.3 is 0 Å². The van der Waals surface area contributed by atoms with Gasteiger partial charge in [-0.2, -0.15) is 0 Å². The van der Waals surface area contributed by atoms with Crippen molar-refractivity contribution in [2.24, 2.45) is 0 Å². The van der Waals surface area contributed by atoms with Gasteiger partial charge in [-0.25, -0.2) is 0 Å². The third-order valence-electron chi connectivity index (χ3n) is 1.28. The molecule has 1 aromatic rings.